The summed E-state index contributed by atoms with van der Waals surface area (Å²) in [5.41, 5.74) is 3.01. The van der Waals surface area contributed by atoms with Crippen molar-refractivity contribution in [3.8, 4) is 11.3 Å². The molecule has 1 fully saturated rings. The molecule has 0 saturated carbocycles. The van der Waals surface area contributed by atoms with Crippen LogP contribution in [0.2, 0.25) is 0 Å². The van der Waals surface area contributed by atoms with Gasteiger partial charge in [-0.05, 0) is 20.8 Å². The number of nitrogens with one attached hydrogen (secondary N) is 1. The smallest absolute Gasteiger partial charge is 0.317 e. The standard InChI is InChI=1S/C24H33N5O2S/c1-24(2,3)26-22(30)28(12-11-27-13-15-31-16-14-27)10-9-20-18-32-23-25-21(17-29(20)23)19-7-5-4-6-8-19/h4-8,17-18H,9-16H2,1-3H3,(H,26,30). The Hall–Kier alpha value is -2.42. The van der Waals surface area contributed by atoms with Crippen LogP contribution in [0.25, 0.3) is 16.2 Å². The third-order valence-corrected chi connectivity index (χ3v) is 6.44. The summed E-state index contributed by atoms with van der Waals surface area (Å²) in [4.78, 5) is 23.1. The molecule has 1 saturated heterocycles. The van der Waals surface area contributed by atoms with Gasteiger partial charge >= 0.3 is 6.03 Å². The second-order valence-electron chi connectivity index (χ2n) is 9.24. The van der Waals surface area contributed by atoms with Crippen LogP contribution in [0.15, 0.2) is 41.9 Å². The van der Waals surface area contributed by atoms with Crippen molar-refractivity contribution in [3.63, 3.8) is 0 Å². The zero-order chi connectivity index (χ0) is 22.6. The fourth-order valence-electron chi connectivity index (χ4n) is 3.81. The van der Waals surface area contributed by atoms with Gasteiger partial charge < -0.3 is 15.0 Å². The van der Waals surface area contributed by atoms with Crippen molar-refractivity contribution >= 4 is 22.3 Å². The maximum absolute atomic E-state index is 13.0. The van der Waals surface area contributed by atoms with Crippen molar-refractivity contribution in [3.05, 3.63) is 47.6 Å². The van der Waals surface area contributed by atoms with E-state index in [-0.39, 0.29) is 11.6 Å². The molecule has 3 aromatic rings. The number of thiazole rings is 1. The Morgan fingerprint density at radius 3 is 2.66 bits per heavy atom. The van der Waals surface area contributed by atoms with Crippen LogP contribution < -0.4 is 5.32 Å². The minimum absolute atomic E-state index is 0.00663. The lowest BCUT2D eigenvalue weighted by atomic mass is 10.1. The van der Waals surface area contributed by atoms with Crippen LogP contribution in [0.3, 0.4) is 0 Å². The van der Waals surface area contributed by atoms with Gasteiger partial charge in [0.05, 0.1) is 18.9 Å². The van der Waals surface area contributed by atoms with Crippen LogP contribution in [-0.4, -0.2) is 76.7 Å². The van der Waals surface area contributed by atoms with E-state index in [0.29, 0.717) is 13.1 Å². The van der Waals surface area contributed by atoms with E-state index < -0.39 is 0 Å². The van der Waals surface area contributed by atoms with Crippen molar-refractivity contribution in [1.82, 2.24) is 24.5 Å². The molecule has 1 aliphatic heterocycles. The molecule has 3 heterocycles. The number of carbonyl (C=O) groups is 1. The fourth-order valence-corrected chi connectivity index (χ4v) is 4.72. The number of fused-ring (bicyclic) bond motifs is 1. The third-order valence-electron chi connectivity index (χ3n) is 5.55. The van der Waals surface area contributed by atoms with Gasteiger partial charge in [0.25, 0.3) is 0 Å². The van der Waals surface area contributed by atoms with Gasteiger partial charge in [-0.3, -0.25) is 9.30 Å². The molecular formula is C24H33N5O2S. The molecule has 4 rings (SSSR count). The average Bonchev–Trinajstić information content (AvgIpc) is 3.35. The second-order valence-corrected chi connectivity index (χ2v) is 10.1. The van der Waals surface area contributed by atoms with Crippen molar-refractivity contribution < 1.29 is 9.53 Å². The Morgan fingerprint density at radius 2 is 1.94 bits per heavy atom. The number of rotatable bonds is 7. The topological polar surface area (TPSA) is 62.1 Å². The summed E-state index contributed by atoms with van der Waals surface area (Å²) >= 11 is 1.65. The Balaban J connectivity index is 1.44. The summed E-state index contributed by atoms with van der Waals surface area (Å²) < 4.78 is 7.61. The zero-order valence-corrected chi connectivity index (χ0v) is 20.0. The third kappa shape index (κ3) is 5.88. The van der Waals surface area contributed by atoms with E-state index in [4.69, 9.17) is 9.72 Å². The Labute approximate surface area is 194 Å². The van der Waals surface area contributed by atoms with Gasteiger partial charge in [-0.25, -0.2) is 9.78 Å². The molecule has 0 radical (unpaired) electrons. The first kappa shape index (κ1) is 22.8. The van der Waals surface area contributed by atoms with Gasteiger partial charge in [-0.1, -0.05) is 30.3 Å². The number of urea groups is 1. The Bertz CT molecular complexity index is 1020. The number of carbonyl (C=O) groups excluding carboxylic acids is 1. The Morgan fingerprint density at radius 1 is 1.19 bits per heavy atom. The predicted octanol–water partition coefficient (Wildman–Crippen LogP) is 3.75. The van der Waals surface area contributed by atoms with E-state index >= 15 is 0 Å². The molecule has 0 bridgehead atoms. The molecule has 1 aromatic carbocycles. The molecule has 0 aliphatic carbocycles. The van der Waals surface area contributed by atoms with E-state index in [0.717, 1.165) is 55.5 Å². The van der Waals surface area contributed by atoms with Gasteiger partial charge in [0.1, 0.15) is 0 Å². The van der Waals surface area contributed by atoms with E-state index in [1.54, 1.807) is 11.3 Å². The maximum atomic E-state index is 13.0. The first-order valence-corrected chi connectivity index (χ1v) is 12.1. The van der Waals surface area contributed by atoms with Gasteiger partial charge in [0, 0.05) is 67.5 Å². The number of hydrogen-bond donors (Lipinski definition) is 1. The molecule has 2 aromatic heterocycles. The molecule has 2 amide bonds. The highest BCUT2D eigenvalue weighted by Gasteiger charge is 2.21. The predicted molar refractivity (Wildman–Crippen MR) is 129 cm³/mol. The Kier molecular flexibility index (Phi) is 7.13. The van der Waals surface area contributed by atoms with Crippen LogP contribution in [0.5, 0.6) is 0 Å². The summed E-state index contributed by atoms with van der Waals surface area (Å²) in [6.07, 6.45) is 2.88. The minimum Gasteiger partial charge on any atom is -0.379 e. The number of imidazole rings is 1. The monoisotopic (exact) mass is 455 g/mol. The maximum Gasteiger partial charge on any atom is 0.317 e. The van der Waals surface area contributed by atoms with Crippen LogP contribution in [-0.2, 0) is 11.2 Å². The van der Waals surface area contributed by atoms with Gasteiger partial charge in [-0.2, -0.15) is 0 Å². The molecule has 7 nitrogen and oxygen atoms in total. The number of aromatic nitrogens is 2. The molecule has 172 valence electrons. The highest BCUT2D eigenvalue weighted by molar-refractivity contribution is 7.15. The van der Waals surface area contributed by atoms with Crippen LogP contribution in [0.1, 0.15) is 26.5 Å². The van der Waals surface area contributed by atoms with Gasteiger partial charge in [0.2, 0.25) is 0 Å². The van der Waals surface area contributed by atoms with Gasteiger partial charge in [-0.15, -0.1) is 11.3 Å². The first-order valence-electron chi connectivity index (χ1n) is 11.3. The molecule has 1 aliphatic rings. The number of benzene rings is 1. The lowest BCUT2D eigenvalue weighted by Crippen LogP contribution is -2.51. The average molecular weight is 456 g/mol. The summed E-state index contributed by atoms with van der Waals surface area (Å²) in [5, 5.41) is 5.28. The summed E-state index contributed by atoms with van der Waals surface area (Å²) in [6, 6.07) is 10.2. The molecular weight excluding hydrogens is 422 g/mol. The number of amides is 2. The van der Waals surface area contributed by atoms with Crippen molar-refractivity contribution in [2.24, 2.45) is 0 Å². The van der Waals surface area contributed by atoms with E-state index in [9.17, 15) is 4.79 Å². The molecule has 0 spiro atoms. The largest absolute Gasteiger partial charge is 0.379 e. The second kappa shape index (κ2) is 10.0. The quantitative estimate of drug-likeness (QED) is 0.589. The highest BCUT2D eigenvalue weighted by Crippen LogP contribution is 2.24. The fraction of sp³-hybridized carbons (Fsp3) is 0.500. The SMILES string of the molecule is CC(C)(C)NC(=O)N(CCc1csc2nc(-c3ccccc3)cn12)CCN1CCOCC1. The van der Waals surface area contributed by atoms with Gasteiger partial charge in [0.15, 0.2) is 4.96 Å². The summed E-state index contributed by atoms with van der Waals surface area (Å²) in [6.45, 7) is 11.7. The van der Waals surface area contributed by atoms with E-state index in [1.165, 1.54) is 5.69 Å². The van der Waals surface area contributed by atoms with E-state index in [1.807, 2.05) is 43.9 Å². The lowest BCUT2D eigenvalue weighted by molar-refractivity contribution is 0.0348. The molecule has 8 heteroatoms. The normalized spacial score (nSPS) is 15.2. The van der Waals surface area contributed by atoms with Crippen LogP contribution in [0, 0.1) is 0 Å². The highest BCUT2D eigenvalue weighted by atomic mass is 32.1. The number of morpholine rings is 1. The number of ether oxygens (including phenoxy) is 1. The van der Waals surface area contributed by atoms with Crippen molar-refractivity contribution in [1.29, 1.82) is 0 Å². The first-order chi connectivity index (χ1) is 15.4. The van der Waals surface area contributed by atoms with Crippen LogP contribution >= 0.6 is 11.3 Å². The lowest BCUT2D eigenvalue weighted by Gasteiger charge is -2.32. The van der Waals surface area contributed by atoms with E-state index in [2.05, 4.69) is 38.3 Å². The molecule has 0 unspecified atom stereocenters. The summed E-state index contributed by atoms with van der Waals surface area (Å²) in [5.74, 6) is 0. The van der Waals surface area contributed by atoms with Crippen molar-refractivity contribution in [2.45, 2.75) is 32.7 Å². The van der Waals surface area contributed by atoms with Crippen molar-refractivity contribution in [2.75, 3.05) is 45.9 Å². The van der Waals surface area contributed by atoms with Crippen LogP contribution in [0.4, 0.5) is 4.79 Å². The molecule has 0 atom stereocenters. The summed E-state index contributed by atoms with van der Waals surface area (Å²) in [7, 11) is 0. The molecule has 1 N–H and O–H groups in total. The number of hydrogen-bond acceptors (Lipinski definition) is 5. The minimum atomic E-state index is -0.265. The number of nitrogens with zero attached hydrogens (tertiary/aromatic N) is 4. The molecule has 32 heavy (non-hydrogen) atoms. The zero-order valence-electron chi connectivity index (χ0n) is 19.2.